The fourth-order valence-corrected chi connectivity index (χ4v) is 3.47. The fraction of sp³-hybridized carbons (Fsp3) is 0.179. The van der Waals surface area contributed by atoms with Gasteiger partial charge in [-0.05, 0) is 53.1 Å². The number of hydrogen-bond acceptors (Lipinski definition) is 7. The third kappa shape index (κ3) is 6.50. The Labute approximate surface area is 210 Å². The number of nitrogens with one attached hydrogen (secondary N) is 1. The minimum Gasteiger partial charge on any atom is -0.493 e. The van der Waals surface area contributed by atoms with E-state index in [2.05, 4.69) is 10.3 Å². The highest BCUT2D eigenvalue weighted by atomic mass is 16.5. The smallest absolute Gasteiger partial charge is 0.338 e. The molecule has 8 heteroatoms. The van der Waals surface area contributed by atoms with Crippen molar-refractivity contribution in [2.24, 2.45) is 0 Å². The first-order chi connectivity index (χ1) is 17.5. The summed E-state index contributed by atoms with van der Waals surface area (Å²) in [5.41, 5.74) is 2.35. The standard InChI is InChI=1S/C28H28N2O6/c1-33-24-16-21(17-25(34-2)26(24)35-3)15-23(28(32)36-4)22(14-19-8-6-5-7-9-19)27(31)30-18-20-10-12-29-13-11-20/h5-17H,18H2,1-4H3,(H,30,31)/b22-14+,23-15+. The van der Waals surface area contributed by atoms with Gasteiger partial charge in [-0.15, -0.1) is 0 Å². The molecule has 2 aromatic carbocycles. The first-order valence-corrected chi connectivity index (χ1v) is 11.0. The number of pyridine rings is 1. The molecule has 0 bridgehead atoms. The first-order valence-electron chi connectivity index (χ1n) is 11.0. The van der Waals surface area contributed by atoms with Crippen molar-refractivity contribution in [3.05, 3.63) is 94.8 Å². The molecule has 0 fully saturated rings. The molecule has 36 heavy (non-hydrogen) atoms. The molecule has 0 saturated heterocycles. The second-order valence-corrected chi connectivity index (χ2v) is 7.52. The molecule has 0 aliphatic carbocycles. The lowest BCUT2D eigenvalue weighted by atomic mass is 9.98. The molecule has 186 valence electrons. The Kier molecular flexibility index (Phi) is 9.22. The first kappa shape index (κ1) is 26.0. The summed E-state index contributed by atoms with van der Waals surface area (Å²) in [6.45, 7) is 0.256. The lowest BCUT2D eigenvalue weighted by Crippen LogP contribution is -2.27. The Morgan fingerprint density at radius 3 is 1.97 bits per heavy atom. The zero-order valence-corrected chi connectivity index (χ0v) is 20.6. The van der Waals surface area contributed by atoms with E-state index in [1.54, 1.807) is 48.8 Å². The average Bonchev–Trinajstić information content (AvgIpc) is 2.93. The predicted molar refractivity (Wildman–Crippen MR) is 137 cm³/mol. The lowest BCUT2D eigenvalue weighted by molar-refractivity contribution is -0.136. The molecule has 1 heterocycles. The Balaban J connectivity index is 2.11. The van der Waals surface area contributed by atoms with Gasteiger partial charge < -0.3 is 24.3 Å². The van der Waals surface area contributed by atoms with Gasteiger partial charge in [0, 0.05) is 18.9 Å². The summed E-state index contributed by atoms with van der Waals surface area (Å²) in [5, 5.41) is 2.87. The van der Waals surface area contributed by atoms with Gasteiger partial charge in [-0.3, -0.25) is 9.78 Å². The van der Waals surface area contributed by atoms with E-state index in [0.29, 0.717) is 22.8 Å². The van der Waals surface area contributed by atoms with Crippen LogP contribution in [0, 0.1) is 0 Å². The number of carbonyl (C=O) groups excluding carboxylic acids is 2. The number of nitrogens with zero attached hydrogens (tertiary/aromatic N) is 1. The molecular formula is C28H28N2O6. The van der Waals surface area contributed by atoms with Gasteiger partial charge in [-0.1, -0.05) is 30.3 Å². The number of methoxy groups -OCH3 is 4. The summed E-state index contributed by atoms with van der Waals surface area (Å²) < 4.78 is 21.3. The molecule has 8 nitrogen and oxygen atoms in total. The van der Waals surface area contributed by atoms with Crippen LogP contribution in [-0.4, -0.2) is 45.3 Å². The number of benzene rings is 2. The van der Waals surface area contributed by atoms with Gasteiger partial charge in [0.2, 0.25) is 5.75 Å². The van der Waals surface area contributed by atoms with Gasteiger partial charge in [0.25, 0.3) is 5.91 Å². The summed E-state index contributed by atoms with van der Waals surface area (Å²) in [7, 11) is 5.77. The van der Waals surface area contributed by atoms with Crippen LogP contribution in [0.15, 0.2) is 78.1 Å². The van der Waals surface area contributed by atoms with Crippen molar-refractivity contribution < 1.29 is 28.5 Å². The molecule has 1 aromatic heterocycles. The third-order valence-corrected chi connectivity index (χ3v) is 5.25. The molecule has 0 saturated carbocycles. The molecule has 0 unspecified atom stereocenters. The van der Waals surface area contributed by atoms with E-state index >= 15 is 0 Å². The maximum absolute atomic E-state index is 13.4. The normalized spacial score (nSPS) is 11.4. The molecule has 0 aliphatic rings. The largest absolute Gasteiger partial charge is 0.493 e. The number of hydrogen-bond donors (Lipinski definition) is 1. The number of carbonyl (C=O) groups is 2. The van der Waals surface area contributed by atoms with E-state index in [0.717, 1.165) is 11.1 Å². The van der Waals surface area contributed by atoms with Crippen LogP contribution in [0.1, 0.15) is 16.7 Å². The van der Waals surface area contributed by atoms with E-state index in [4.69, 9.17) is 18.9 Å². The zero-order chi connectivity index (χ0) is 25.9. The molecule has 0 atom stereocenters. The van der Waals surface area contributed by atoms with Crippen LogP contribution in [0.25, 0.3) is 12.2 Å². The molecule has 0 spiro atoms. The molecular weight excluding hydrogens is 460 g/mol. The van der Waals surface area contributed by atoms with Gasteiger partial charge >= 0.3 is 5.97 Å². The second kappa shape index (κ2) is 12.8. The predicted octanol–water partition coefficient (Wildman–Crippen LogP) is 4.06. The van der Waals surface area contributed by atoms with Crippen molar-refractivity contribution in [3.8, 4) is 17.2 Å². The molecule has 0 aliphatic heterocycles. The Bertz CT molecular complexity index is 1230. The molecule has 1 amide bonds. The second-order valence-electron chi connectivity index (χ2n) is 7.52. The fourth-order valence-electron chi connectivity index (χ4n) is 3.47. The minimum absolute atomic E-state index is 0.0582. The van der Waals surface area contributed by atoms with Crippen molar-refractivity contribution in [2.45, 2.75) is 6.54 Å². The van der Waals surface area contributed by atoms with E-state index in [-0.39, 0.29) is 17.7 Å². The van der Waals surface area contributed by atoms with Crippen LogP contribution in [0.5, 0.6) is 17.2 Å². The average molecular weight is 489 g/mol. The number of ether oxygens (including phenoxy) is 4. The highest BCUT2D eigenvalue weighted by Crippen LogP contribution is 2.39. The quantitative estimate of drug-likeness (QED) is 0.261. The number of esters is 1. The van der Waals surface area contributed by atoms with E-state index in [9.17, 15) is 9.59 Å². The topological polar surface area (TPSA) is 96.0 Å². The van der Waals surface area contributed by atoms with Crippen molar-refractivity contribution in [2.75, 3.05) is 28.4 Å². The van der Waals surface area contributed by atoms with Gasteiger partial charge in [-0.25, -0.2) is 4.79 Å². The summed E-state index contributed by atoms with van der Waals surface area (Å²) in [6, 6.07) is 16.2. The number of aromatic nitrogens is 1. The monoisotopic (exact) mass is 488 g/mol. The molecule has 3 rings (SSSR count). The summed E-state index contributed by atoms with van der Waals surface area (Å²) in [5.74, 6) is 0.0998. The highest BCUT2D eigenvalue weighted by Gasteiger charge is 2.23. The van der Waals surface area contributed by atoms with Gasteiger partial charge in [-0.2, -0.15) is 0 Å². The number of amides is 1. The van der Waals surface area contributed by atoms with Crippen molar-refractivity contribution in [1.82, 2.24) is 10.3 Å². The van der Waals surface area contributed by atoms with Crippen LogP contribution in [0.4, 0.5) is 0 Å². The van der Waals surface area contributed by atoms with Crippen molar-refractivity contribution >= 4 is 24.0 Å². The molecule has 1 N–H and O–H groups in total. The SMILES string of the molecule is COC(=O)C(=C/c1cc(OC)c(OC)c(OC)c1)/C(=C\c1ccccc1)C(=O)NCc1ccncc1. The van der Waals surface area contributed by atoms with Gasteiger partial charge in [0.15, 0.2) is 11.5 Å². The Hall–Kier alpha value is -4.59. The molecule has 0 radical (unpaired) electrons. The van der Waals surface area contributed by atoms with Crippen LogP contribution < -0.4 is 19.5 Å². The number of rotatable bonds is 10. The highest BCUT2D eigenvalue weighted by molar-refractivity contribution is 6.14. The van der Waals surface area contributed by atoms with Gasteiger partial charge in [0.05, 0.1) is 39.6 Å². The van der Waals surface area contributed by atoms with Crippen molar-refractivity contribution in [1.29, 1.82) is 0 Å². The van der Waals surface area contributed by atoms with E-state index < -0.39 is 11.9 Å². The van der Waals surface area contributed by atoms with Crippen molar-refractivity contribution in [3.63, 3.8) is 0 Å². The van der Waals surface area contributed by atoms with Crippen LogP contribution >= 0.6 is 0 Å². The summed E-state index contributed by atoms with van der Waals surface area (Å²) in [6.07, 6.45) is 6.48. The van der Waals surface area contributed by atoms with E-state index in [1.165, 1.54) is 28.4 Å². The third-order valence-electron chi connectivity index (χ3n) is 5.25. The van der Waals surface area contributed by atoms with Crippen LogP contribution in [0.3, 0.4) is 0 Å². The summed E-state index contributed by atoms with van der Waals surface area (Å²) >= 11 is 0. The van der Waals surface area contributed by atoms with Crippen LogP contribution in [-0.2, 0) is 20.9 Å². The molecule has 3 aromatic rings. The minimum atomic E-state index is -0.676. The van der Waals surface area contributed by atoms with Crippen LogP contribution in [0.2, 0.25) is 0 Å². The van der Waals surface area contributed by atoms with Gasteiger partial charge in [0.1, 0.15) is 0 Å². The Morgan fingerprint density at radius 2 is 1.42 bits per heavy atom. The zero-order valence-electron chi connectivity index (χ0n) is 20.6. The maximum Gasteiger partial charge on any atom is 0.338 e. The van der Waals surface area contributed by atoms with E-state index in [1.807, 2.05) is 30.3 Å². The maximum atomic E-state index is 13.4. The summed E-state index contributed by atoms with van der Waals surface area (Å²) in [4.78, 5) is 30.3. The Morgan fingerprint density at radius 1 is 0.806 bits per heavy atom. The lowest BCUT2D eigenvalue weighted by Gasteiger charge is -2.15.